The van der Waals surface area contributed by atoms with Crippen LogP contribution in [0.25, 0.3) is 21.6 Å². The Bertz CT molecular complexity index is 895. The lowest BCUT2D eigenvalue weighted by atomic mass is 10.2. The summed E-state index contributed by atoms with van der Waals surface area (Å²) in [6.07, 6.45) is 0. The van der Waals surface area contributed by atoms with Crippen molar-refractivity contribution in [3.8, 4) is 10.7 Å². The fourth-order valence-electron chi connectivity index (χ4n) is 3.10. The number of methoxy groups -OCH3 is 2. The Morgan fingerprint density at radius 2 is 1.89 bits per heavy atom. The van der Waals surface area contributed by atoms with Crippen LogP contribution < -0.4 is 0 Å². The molecule has 144 valence electrons. The number of rotatable bonds is 9. The molecule has 7 heteroatoms. The first-order chi connectivity index (χ1) is 13.2. The Balaban J connectivity index is 1.88. The zero-order chi connectivity index (χ0) is 19.2. The summed E-state index contributed by atoms with van der Waals surface area (Å²) in [4.78, 5) is 19.2. The normalized spacial score (nSPS) is 11.2. The van der Waals surface area contributed by atoms with Gasteiger partial charge in [0.25, 0.3) is 5.91 Å². The van der Waals surface area contributed by atoms with Crippen molar-refractivity contribution in [3.05, 3.63) is 41.4 Å². The third kappa shape index (κ3) is 4.21. The number of benzene rings is 1. The van der Waals surface area contributed by atoms with Crippen molar-refractivity contribution in [2.45, 2.75) is 13.5 Å². The van der Waals surface area contributed by atoms with Crippen molar-refractivity contribution in [3.63, 3.8) is 0 Å². The molecule has 0 saturated carbocycles. The van der Waals surface area contributed by atoms with Crippen molar-refractivity contribution in [1.29, 1.82) is 0 Å². The zero-order valence-electron chi connectivity index (χ0n) is 16.0. The Hall–Kier alpha value is -2.22. The summed E-state index contributed by atoms with van der Waals surface area (Å²) in [6, 6.07) is 10.4. The average molecular weight is 388 g/mol. The van der Waals surface area contributed by atoms with Gasteiger partial charge >= 0.3 is 0 Å². The second-order valence-corrected chi connectivity index (χ2v) is 7.01. The number of nitrogens with zero attached hydrogens (tertiary/aromatic N) is 3. The Morgan fingerprint density at radius 1 is 1.19 bits per heavy atom. The summed E-state index contributed by atoms with van der Waals surface area (Å²) < 4.78 is 12.5. The zero-order valence-corrected chi connectivity index (χ0v) is 16.8. The van der Waals surface area contributed by atoms with E-state index in [0.717, 1.165) is 17.2 Å². The second-order valence-electron chi connectivity index (χ2n) is 6.15. The molecule has 0 fully saturated rings. The Labute approximate surface area is 163 Å². The van der Waals surface area contributed by atoms with E-state index in [4.69, 9.17) is 9.47 Å². The summed E-state index contributed by atoms with van der Waals surface area (Å²) in [5.41, 5.74) is 2.69. The minimum absolute atomic E-state index is 0.0919. The monoisotopic (exact) mass is 387 g/mol. The number of hydrogen-bond donors (Lipinski definition) is 0. The number of amides is 1. The lowest BCUT2D eigenvalue weighted by molar-refractivity contribution is 0.0622. The molecule has 0 bridgehead atoms. The number of fused-ring (bicyclic) bond motifs is 1. The Kier molecular flexibility index (Phi) is 6.60. The maximum atomic E-state index is 12.9. The van der Waals surface area contributed by atoms with E-state index in [1.807, 2.05) is 17.5 Å². The van der Waals surface area contributed by atoms with Crippen LogP contribution in [0.2, 0.25) is 0 Å². The first-order valence-corrected chi connectivity index (χ1v) is 9.88. The molecule has 0 radical (unpaired) electrons. The molecule has 0 aliphatic rings. The quantitative estimate of drug-likeness (QED) is 0.564. The van der Waals surface area contributed by atoms with Crippen molar-refractivity contribution < 1.29 is 14.3 Å². The van der Waals surface area contributed by atoms with Crippen LogP contribution in [0.15, 0.2) is 35.7 Å². The van der Waals surface area contributed by atoms with E-state index in [2.05, 4.69) is 34.7 Å². The van der Waals surface area contributed by atoms with Crippen molar-refractivity contribution in [2.24, 2.45) is 0 Å². The molecule has 0 saturated heterocycles. The third-order valence-corrected chi connectivity index (χ3v) is 5.35. The molecular formula is C20H25N3O3S. The first kappa shape index (κ1) is 19.5. The molecule has 0 atom stereocenters. The predicted molar refractivity (Wildman–Crippen MR) is 108 cm³/mol. The summed E-state index contributed by atoms with van der Waals surface area (Å²) in [5, 5.41) is 3.87. The lowest BCUT2D eigenvalue weighted by Gasteiger charge is -2.20. The van der Waals surface area contributed by atoms with Gasteiger partial charge < -0.3 is 18.9 Å². The van der Waals surface area contributed by atoms with Gasteiger partial charge in [-0.2, -0.15) is 0 Å². The predicted octanol–water partition coefficient (Wildman–Crippen LogP) is 3.52. The molecule has 2 heterocycles. The van der Waals surface area contributed by atoms with Gasteiger partial charge in [-0.05, 0) is 19.1 Å². The van der Waals surface area contributed by atoms with Crippen molar-refractivity contribution in [1.82, 2.24) is 14.5 Å². The van der Waals surface area contributed by atoms with E-state index in [-0.39, 0.29) is 5.91 Å². The van der Waals surface area contributed by atoms with Crippen LogP contribution >= 0.6 is 11.3 Å². The van der Waals surface area contributed by atoms with Crippen molar-refractivity contribution in [2.75, 3.05) is 40.5 Å². The minimum Gasteiger partial charge on any atom is -0.383 e. The molecule has 2 aromatic heterocycles. The maximum Gasteiger partial charge on any atom is 0.273 e. The largest absolute Gasteiger partial charge is 0.383 e. The number of aromatic nitrogens is 2. The Morgan fingerprint density at radius 3 is 2.56 bits per heavy atom. The number of ether oxygens (including phenoxy) is 2. The summed E-state index contributed by atoms with van der Waals surface area (Å²) in [7, 11) is 3.26. The standard InChI is InChI=1S/C20H25N3O3S/c1-4-23-17-8-6-5-7-15(17)13-18(23)19-21-16(14-27-19)20(24)22(9-11-25-2)10-12-26-3/h5-8,13-14H,4,9-12H2,1-3H3. The van der Waals surface area contributed by atoms with E-state index in [1.54, 1.807) is 19.1 Å². The molecule has 1 amide bonds. The topological polar surface area (TPSA) is 56.6 Å². The number of hydrogen-bond acceptors (Lipinski definition) is 5. The minimum atomic E-state index is -0.0919. The van der Waals surface area contributed by atoms with Crippen LogP contribution in [0.5, 0.6) is 0 Å². The van der Waals surface area contributed by atoms with Gasteiger partial charge in [0.15, 0.2) is 0 Å². The maximum absolute atomic E-state index is 12.9. The molecule has 1 aromatic carbocycles. The number of carbonyl (C=O) groups is 1. The molecule has 0 unspecified atom stereocenters. The number of aryl methyl sites for hydroxylation is 1. The highest BCUT2D eigenvalue weighted by atomic mass is 32.1. The highest BCUT2D eigenvalue weighted by Crippen LogP contribution is 2.30. The molecule has 6 nitrogen and oxygen atoms in total. The van der Waals surface area contributed by atoms with E-state index >= 15 is 0 Å². The smallest absolute Gasteiger partial charge is 0.273 e. The molecule has 0 aliphatic heterocycles. The van der Waals surface area contributed by atoms with Crippen LogP contribution in [-0.4, -0.2) is 60.9 Å². The van der Waals surface area contributed by atoms with Gasteiger partial charge in [0.2, 0.25) is 0 Å². The SMILES string of the molecule is CCn1c(-c2nc(C(=O)N(CCOC)CCOC)cs2)cc2ccccc21. The fraction of sp³-hybridized carbons (Fsp3) is 0.400. The second kappa shape index (κ2) is 9.12. The fourth-order valence-corrected chi connectivity index (χ4v) is 3.92. The van der Waals surface area contributed by atoms with Gasteiger partial charge in [-0.1, -0.05) is 18.2 Å². The van der Waals surface area contributed by atoms with Gasteiger partial charge in [0, 0.05) is 50.1 Å². The molecule has 0 aliphatic carbocycles. The number of thiazole rings is 1. The van der Waals surface area contributed by atoms with E-state index in [9.17, 15) is 4.79 Å². The average Bonchev–Trinajstić information content (AvgIpc) is 3.32. The van der Waals surface area contributed by atoms with Crippen LogP contribution in [-0.2, 0) is 16.0 Å². The van der Waals surface area contributed by atoms with Crippen LogP contribution in [0.1, 0.15) is 17.4 Å². The van der Waals surface area contributed by atoms with E-state index in [1.165, 1.54) is 22.2 Å². The first-order valence-electron chi connectivity index (χ1n) is 9.00. The molecule has 3 aromatic rings. The van der Waals surface area contributed by atoms with Gasteiger partial charge in [-0.25, -0.2) is 4.98 Å². The molecular weight excluding hydrogens is 362 g/mol. The highest BCUT2D eigenvalue weighted by molar-refractivity contribution is 7.13. The third-order valence-electron chi connectivity index (χ3n) is 4.49. The van der Waals surface area contributed by atoms with Gasteiger partial charge in [0.1, 0.15) is 10.7 Å². The van der Waals surface area contributed by atoms with Crippen LogP contribution in [0.3, 0.4) is 0 Å². The summed E-state index contributed by atoms with van der Waals surface area (Å²) in [6.45, 7) is 4.96. The van der Waals surface area contributed by atoms with Gasteiger partial charge in [-0.15, -0.1) is 11.3 Å². The van der Waals surface area contributed by atoms with E-state index in [0.29, 0.717) is 32.0 Å². The number of para-hydroxylation sites is 1. The van der Waals surface area contributed by atoms with E-state index < -0.39 is 0 Å². The van der Waals surface area contributed by atoms with Crippen LogP contribution in [0, 0.1) is 0 Å². The van der Waals surface area contributed by atoms with Gasteiger partial charge in [-0.3, -0.25) is 4.79 Å². The molecule has 0 spiro atoms. The lowest BCUT2D eigenvalue weighted by Crippen LogP contribution is -2.36. The summed E-state index contributed by atoms with van der Waals surface area (Å²) >= 11 is 1.50. The molecule has 27 heavy (non-hydrogen) atoms. The van der Waals surface area contributed by atoms with Gasteiger partial charge in [0.05, 0.1) is 18.9 Å². The highest BCUT2D eigenvalue weighted by Gasteiger charge is 2.20. The molecule has 3 rings (SSSR count). The van der Waals surface area contributed by atoms with Crippen LogP contribution in [0.4, 0.5) is 0 Å². The summed E-state index contributed by atoms with van der Waals surface area (Å²) in [5.74, 6) is -0.0919. The molecule has 0 N–H and O–H groups in total. The number of carbonyl (C=O) groups excluding carboxylic acids is 1. The van der Waals surface area contributed by atoms with Crippen molar-refractivity contribution >= 4 is 28.1 Å².